The average molecular weight is 361 g/mol. The molecule has 2 atom stereocenters. The van der Waals surface area contributed by atoms with Crippen LogP contribution in [0.25, 0.3) is 0 Å². The van der Waals surface area contributed by atoms with Crippen molar-refractivity contribution in [2.75, 3.05) is 0 Å². The van der Waals surface area contributed by atoms with Crippen molar-refractivity contribution in [2.24, 2.45) is 5.73 Å². The van der Waals surface area contributed by atoms with E-state index in [1.54, 1.807) is 18.2 Å². The zero-order chi connectivity index (χ0) is 19.1. The fraction of sp³-hybridized carbons (Fsp3) is 0.278. The van der Waals surface area contributed by atoms with Crippen molar-refractivity contribution in [3.05, 3.63) is 64.7 Å². The van der Waals surface area contributed by atoms with Gasteiger partial charge >= 0.3 is 11.9 Å². The van der Waals surface area contributed by atoms with Gasteiger partial charge in [-0.05, 0) is 23.3 Å². The Hall–Kier alpha value is -2.49. The second-order valence-corrected chi connectivity index (χ2v) is 6.21. The molecule has 0 saturated heterocycles. The topological polar surface area (TPSA) is 153 Å². The molecule has 8 heteroatoms. The van der Waals surface area contributed by atoms with Crippen molar-refractivity contribution in [2.45, 2.75) is 30.6 Å². The van der Waals surface area contributed by atoms with Gasteiger partial charge in [-0.25, -0.2) is 0 Å². The maximum Gasteiger partial charge on any atom is 0.351 e. The van der Waals surface area contributed by atoms with Crippen molar-refractivity contribution in [1.29, 1.82) is 0 Å². The molecule has 2 unspecified atom stereocenters. The SMILES string of the molecule is NC(C(O)O)C1c2cc(CC(=O)O)ccc2OC(O)(O)c2ccccc21. The Morgan fingerprint density at radius 2 is 1.85 bits per heavy atom. The number of ether oxygens (including phenoxy) is 1. The van der Waals surface area contributed by atoms with E-state index in [4.69, 9.17) is 15.6 Å². The molecule has 1 heterocycles. The summed E-state index contributed by atoms with van der Waals surface area (Å²) >= 11 is 0. The van der Waals surface area contributed by atoms with Gasteiger partial charge in [0.15, 0.2) is 6.29 Å². The number of rotatable bonds is 4. The number of nitrogens with two attached hydrogens (primary N) is 1. The largest absolute Gasteiger partial charge is 0.481 e. The molecule has 8 nitrogen and oxygen atoms in total. The number of aliphatic hydroxyl groups excluding tert-OH is 1. The molecule has 2 aromatic rings. The van der Waals surface area contributed by atoms with Crippen LogP contribution in [-0.4, -0.2) is 43.8 Å². The van der Waals surface area contributed by atoms with Crippen LogP contribution in [0.4, 0.5) is 0 Å². The maximum atomic E-state index is 11.0. The van der Waals surface area contributed by atoms with Gasteiger partial charge in [-0.2, -0.15) is 0 Å². The standard InChI is InChI=1S/C18H19NO7/c19-16(17(22)23)15-10-3-1-2-4-12(10)18(24,25)26-13-6-5-9(7-11(13)15)8-14(20)21/h1-7,15-17,22-25H,8,19H2,(H,20,21). The Bertz CT molecular complexity index is 834. The van der Waals surface area contributed by atoms with Crippen molar-refractivity contribution >= 4 is 5.97 Å². The van der Waals surface area contributed by atoms with Crippen molar-refractivity contribution in [3.8, 4) is 5.75 Å². The first kappa shape index (κ1) is 18.3. The highest BCUT2D eigenvalue weighted by Crippen LogP contribution is 2.43. The maximum absolute atomic E-state index is 11.0. The molecule has 1 aliphatic heterocycles. The number of benzene rings is 2. The van der Waals surface area contributed by atoms with E-state index in [1.165, 1.54) is 24.3 Å². The Kier molecular flexibility index (Phi) is 4.70. The molecule has 1 aliphatic rings. The molecular formula is C18H19NO7. The summed E-state index contributed by atoms with van der Waals surface area (Å²) in [5, 5.41) is 49.0. The number of carbonyl (C=O) groups is 1. The van der Waals surface area contributed by atoms with Crippen LogP contribution in [0.15, 0.2) is 42.5 Å². The van der Waals surface area contributed by atoms with Crippen LogP contribution in [0.2, 0.25) is 0 Å². The predicted molar refractivity (Wildman–Crippen MR) is 89.0 cm³/mol. The Balaban J connectivity index is 2.25. The highest BCUT2D eigenvalue weighted by Gasteiger charge is 2.41. The highest BCUT2D eigenvalue weighted by molar-refractivity contribution is 5.70. The van der Waals surface area contributed by atoms with Gasteiger partial charge in [0, 0.05) is 11.5 Å². The molecule has 0 saturated carbocycles. The number of aliphatic carboxylic acids is 1. The van der Waals surface area contributed by atoms with Gasteiger partial charge in [0.2, 0.25) is 0 Å². The highest BCUT2D eigenvalue weighted by atomic mass is 16.8. The van der Waals surface area contributed by atoms with E-state index in [-0.39, 0.29) is 17.7 Å². The molecule has 0 fully saturated rings. The van der Waals surface area contributed by atoms with Crippen LogP contribution in [0.1, 0.15) is 28.2 Å². The number of carboxylic acids is 1. The zero-order valence-corrected chi connectivity index (χ0v) is 13.6. The molecule has 2 aromatic carbocycles. The molecule has 0 bridgehead atoms. The van der Waals surface area contributed by atoms with Gasteiger partial charge in [-0.1, -0.05) is 30.3 Å². The van der Waals surface area contributed by atoms with Crippen LogP contribution >= 0.6 is 0 Å². The van der Waals surface area contributed by atoms with Gasteiger partial charge in [0.1, 0.15) is 5.75 Å². The first-order chi connectivity index (χ1) is 12.2. The Morgan fingerprint density at radius 1 is 1.15 bits per heavy atom. The van der Waals surface area contributed by atoms with Gasteiger partial charge < -0.3 is 36.0 Å². The summed E-state index contributed by atoms with van der Waals surface area (Å²) in [5.74, 6) is -4.51. The number of fused-ring (bicyclic) bond motifs is 2. The Morgan fingerprint density at radius 3 is 2.50 bits per heavy atom. The first-order valence-corrected chi connectivity index (χ1v) is 7.90. The fourth-order valence-corrected chi connectivity index (χ4v) is 3.25. The second kappa shape index (κ2) is 6.67. The third kappa shape index (κ3) is 3.28. The van der Waals surface area contributed by atoms with E-state index in [0.717, 1.165) is 0 Å². The predicted octanol–water partition coefficient (Wildman–Crippen LogP) is -0.429. The van der Waals surface area contributed by atoms with E-state index in [1.807, 2.05) is 0 Å². The third-order valence-corrected chi connectivity index (χ3v) is 4.39. The van der Waals surface area contributed by atoms with Gasteiger partial charge in [-0.15, -0.1) is 0 Å². The molecule has 0 spiro atoms. The summed E-state index contributed by atoms with van der Waals surface area (Å²) < 4.78 is 5.34. The molecule has 7 N–H and O–H groups in total. The summed E-state index contributed by atoms with van der Waals surface area (Å²) in [6, 6.07) is 9.41. The molecule has 0 aromatic heterocycles. The quantitative estimate of drug-likeness (QED) is 0.401. The lowest BCUT2D eigenvalue weighted by molar-refractivity contribution is -0.303. The molecular weight excluding hydrogens is 342 g/mol. The van der Waals surface area contributed by atoms with Crippen LogP contribution < -0.4 is 10.5 Å². The van der Waals surface area contributed by atoms with Crippen LogP contribution in [0.5, 0.6) is 5.75 Å². The van der Waals surface area contributed by atoms with E-state index in [9.17, 15) is 25.2 Å². The lowest BCUT2D eigenvalue weighted by Gasteiger charge is -2.27. The minimum absolute atomic E-state index is 0.0112. The first-order valence-electron chi connectivity index (χ1n) is 7.90. The normalized spacial score (nSPS) is 19.1. The average Bonchev–Trinajstić information content (AvgIpc) is 2.65. The third-order valence-electron chi connectivity index (χ3n) is 4.39. The second-order valence-electron chi connectivity index (χ2n) is 6.21. The molecule has 3 rings (SSSR count). The van der Waals surface area contributed by atoms with Crippen LogP contribution in [0.3, 0.4) is 0 Å². The number of carboxylic acid groups (broad SMARTS) is 1. The monoisotopic (exact) mass is 361 g/mol. The molecule has 0 radical (unpaired) electrons. The van der Waals surface area contributed by atoms with Crippen LogP contribution in [0, 0.1) is 0 Å². The van der Waals surface area contributed by atoms with Gasteiger partial charge in [-0.3, -0.25) is 4.79 Å². The number of hydrogen-bond donors (Lipinski definition) is 6. The smallest absolute Gasteiger partial charge is 0.351 e. The van der Waals surface area contributed by atoms with Crippen LogP contribution in [-0.2, 0) is 17.2 Å². The van der Waals surface area contributed by atoms with E-state index < -0.39 is 30.2 Å². The Labute approximate surface area is 148 Å². The van der Waals surface area contributed by atoms with Crippen molar-refractivity contribution in [1.82, 2.24) is 0 Å². The number of hydrogen-bond acceptors (Lipinski definition) is 7. The molecule has 0 amide bonds. The summed E-state index contributed by atoms with van der Waals surface area (Å²) in [6.07, 6.45) is -2.16. The van der Waals surface area contributed by atoms with Gasteiger partial charge in [0.25, 0.3) is 0 Å². The lowest BCUT2D eigenvalue weighted by atomic mass is 9.82. The van der Waals surface area contributed by atoms with Crippen molar-refractivity contribution < 1.29 is 35.1 Å². The van der Waals surface area contributed by atoms with Gasteiger partial charge in [0.05, 0.1) is 18.0 Å². The summed E-state index contributed by atoms with van der Waals surface area (Å²) in [7, 11) is 0. The lowest BCUT2D eigenvalue weighted by Crippen LogP contribution is -2.41. The minimum atomic E-state index is -2.66. The fourth-order valence-electron chi connectivity index (χ4n) is 3.25. The van der Waals surface area contributed by atoms with E-state index >= 15 is 0 Å². The van der Waals surface area contributed by atoms with E-state index in [2.05, 4.69) is 0 Å². The number of aliphatic hydroxyl groups is 4. The van der Waals surface area contributed by atoms with Crippen molar-refractivity contribution in [3.63, 3.8) is 0 Å². The minimum Gasteiger partial charge on any atom is -0.481 e. The zero-order valence-electron chi connectivity index (χ0n) is 13.6. The summed E-state index contributed by atoms with van der Waals surface area (Å²) in [4.78, 5) is 11.0. The molecule has 26 heavy (non-hydrogen) atoms. The molecule has 0 aliphatic carbocycles. The summed E-state index contributed by atoms with van der Waals surface area (Å²) in [6.45, 7) is 0. The van der Waals surface area contributed by atoms with E-state index in [0.29, 0.717) is 16.7 Å². The summed E-state index contributed by atoms with van der Waals surface area (Å²) in [5.41, 5.74) is 7.11. The molecule has 138 valence electrons.